The number of nitriles is 1. The first-order valence-corrected chi connectivity index (χ1v) is 10.7. The predicted octanol–water partition coefficient (Wildman–Crippen LogP) is 4.21. The van der Waals surface area contributed by atoms with Crippen LogP contribution in [0.4, 0.5) is 0 Å². The summed E-state index contributed by atoms with van der Waals surface area (Å²) < 4.78 is 11.5. The van der Waals surface area contributed by atoms with Crippen molar-refractivity contribution in [3.8, 4) is 11.8 Å². The van der Waals surface area contributed by atoms with Gasteiger partial charge in [-0.2, -0.15) is 5.26 Å². The molecule has 156 valence electrons. The second-order valence-electron chi connectivity index (χ2n) is 8.43. The van der Waals surface area contributed by atoms with Gasteiger partial charge in [0.1, 0.15) is 5.75 Å². The number of likely N-dealkylation sites (tertiary alicyclic amines) is 1. The molecule has 5 nitrogen and oxygen atoms in total. The largest absolute Gasteiger partial charge is 0.497 e. The number of rotatable bonds is 4. The summed E-state index contributed by atoms with van der Waals surface area (Å²) in [5.74, 6) is 1.49. The first-order chi connectivity index (χ1) is 14.6. The van der Waals surface area contributed by atoms with Crippen molar-refractivity contribution in [2.75, 3.05) is 26.8 Å². The number of hydrogen-bond acceptors (Lipinski definition) is 4. The summed E-state index contributed by atoms with van der Waals surface area (Å²) in [6.07, 6.45) is 4.92. The molecule has 1 atom stereocenters. The van der Waals surface area contributed by atoms with Crippen LogP contribution in [0.5, 0.6) is 5.75 Å². The van der Waals surface area contributed by atoms with E-state index in [-0.39, 0.29) is 11.5 Å². The molecule has 2 aliphatic rings. The molecule has 1 amide bonds. The van der Waals surface area contributed by atoms with E-state index in [0.717, 1.165) is 44.5 Å². The van der Waals surface area contributed by atoms with Crippen LogP contribution in [0.15, 0.2) is 48.5 Å². The summed E-state index contributed by atoms with van der Waals surface area (Å²) in [5, 5.41) is 9.08. The smallest absolute Gasteiger partial charge is 0.253 e. The van der Waals surface area contributed by atoms with E-state index in [4.69, 9.17) is 14.7 Å². The van der Waals surface area contributed by atoms with Gasteiger partial charge in [0, 0.05) is 25.3 Å². The summed E-state index contributed by atoms with van der Waals surface area (Å²) in [7, 11) is 1.69. The summed E-state index contributed by atoms with van der Waals surface area (Å²) in [6, 6.07) is 17.4. The molecular formula is C25H28N2O3. The number of piperidine rings is 1. The molecular weight excluding hydrogens is 376 g/mol. The normalized spacial score (nSPS) is 20.5. The lowest BCUT2D eigenvalue weighted by molar-refractivity contribution is -0.123. The maximum Gasteiger partial charge on any atom is 0.253 e. The number of carbonyl (C=O) groups is 1. The van der Waals surface area contributed by atoms with Crippen LogP contribution in [0.1, 0.15) is 47.2 Å². The zero-order valence-corrected chi connectivity index (χ0v) is 17.5. The SMILES string of the molecule is COc1ccc(C[C@H]2CCOC3(CCN(C(=O)c4cccc(C#N)c4)CC3)C2)cc1. The van der Waals surface area contributed by atoms with Crippen LogP contribution in [0.25, 0.3) is 0 Å². The fourth-order valence-electron chi connectivity index (χ4n) is 4.77. The molecule has 4 rings (SSSR count). The third-order valence-corrected chi connectivity index (χ3v) is 6.48. The van der Waals surface area contributed by atoms with Gasteiger partial charge in [0.25, 0.3) is 5.91 Å². The second kappa shape index (κ2) is 8.89. The summed E-state index contributed by atoms with van der Waals surface area (Å²) in [6.45, 7) is 2.19. The molecule has 30 heavy (non-hydrogen) atoms. The minimum Gasteiger partial charge on any atom is -0.497 e. The van der Waals surface area contributed by atoms with Crippen molar-refractivity contribution in [1.82, 2.24) is 4.90 Å². The Labute approximate surface area is 178 Å². The van der Waals surface area contributed by atoms with Crippen LogP contribution >= 0.6 is 0 Å². The van der Waals surface area contributed by atoms with Crippen LogP contribution in [0.2, 0.25) is 0 Å². The van der Waals surface area contributed by atoms with Crippen LogP contribution in [-0.4, -0.2) is 43.2 Å². The van der Waals surface area contributed by atoms with Gasteiger partial charge in [0.05, 0.1) is 24.3 Å². The van der Waals surface area contributed by atoms with Crippen molar-refractivity contribution in [3.63, 3.8) is 0 Å². The number of methoxy groups -OCH3 is 1. The fraction of sp³-hybridized carbons (Fsp3) is 0.440. The van der Waals surface area contributed by atoms with Crippen molar-refractivity contribution in [1.29, 1.82) is 5.26 Å². The highest BCUT2D eigenvalue weighted by Crippen LogP contribution is 2.39. The Morgan fingerprint density at radius 1 is 1.23 bits per heavy atom. The number of ether oxygens (including phenoxy) is 2. The zero-order valence-electron chi connectivity index (χ0n) is 17.5. The number of nitrogens with zero attached hydrogens (tertiary/aromatic N) is 2. The Balaban J connectivity index is 1.35. The number of carbonyl (C=O) groups excluding carboxylic acids is 1. The van der Waals surface area contributed by atoms with Gasteiger partial charge < -0.3 is 14.4 Å². The van der Waals surface area contributed by atoms with Crippen LogP contribution in [0.3, 0.4) is 0 Å². The zero-order chi connectivity index (χ0) is 21.0. The van der Waals surface area contributed by atoms with Gasteiger partial charge >= 0.3 is 0 Å². The van der Waals surface area contributed by atoms with E-state index in [1.54, 1.807) is 31.4 Å². The number of amides is 1. The standard InChI is InChI=1S/C25H28N2O3/c1-29-23-7-5-19(6-8-23)15-20-9-14-30-25(17-20)10-12-27(13-11-25)24(28)22-4-2-3-21(16-22)18-26/h2-8,16,20H,9-15,17H2,1H3/t20-/m1/s1. The Morgan fingerprint density at radius 3 is 2.70 bits per heavy atom. The van der Waals surface area contributed by atoms with E-state index in [0.29, 0.717) is 30.1 Å². The molecule has 2 fully saturated rings. The van der Waals surface area contributed by atoms with Gasteiger partial charge in [-0.05, 0) is 73.9 Å². The maximum atomic E-state index is 12.9. The molecule has 2 saturated heterocycles. The van der Waals surface area contributed by atoms with E-state index >= 15 is 0 Å². The van der Waals surface area contributed by atoms with Crippen molar-refractivity contribution < 1.29 is 14.3 Å². The van der Waals surface area contributed by atoms with Gasteiger partial charge in [-0.25, -0.2) is 0 Å². The van der Waals surface area contributed by atoms with Crippen molar-refractivity contribution in [2.45, 2.75) is 37.7 Å². The third-order valence-electron chi connectivity index (χ3n) is 6.48. The number of benzene rings is 2. The molecule has 2 aromatic carbocycles. The Hall–Kier alpha value is -2.84. The molecule has 2 aliphatic heterocycles. The van der Waals surface area contributed by atoms with Gasteiger partial charge in [-0.3, -0.25) is 4.79 Å². The molecule has 0 aliphatic carbocycles. The first-order valence-electron chi connectivity index (χ1n) is 10.7. The van der Waals surface area contributed by atoms with E-state index in [1.165, 1.54) is 5.56 Å². The molecule has 0 aromatic heterocycles. The summed E-state index contributed by atoms with van der Waals surface area (Å²) in [5.41, 5.74) is 2.34. The van der Waals surface area contributed by atoms with Crippen molar-refractivity contribution in [2.24, 2.45) is 5.92 Å². The maximum absolute atomic E-state index is 12.9. The molecule has 0 radical (unpaired) electrons. The van der Waals surface area contributed by atoms with Crippen LogP contribution < -0.4 is 4.74 Å². The lowest BCUT2D eigenvalue weighted by atomic mass is 9.77. The lowest BCUT2D eigenvalue weighted by Crippen LogP contribution is -2.51. The first kappa shape index (κ1) is 20.4. The highest BCUT2D eigenvalue weighted by molar-refractivity contribution is 5.94. The Morgan fingerprint density at radius 2 is 2.00 bits per heavy atom. The molecule has 0 N–H and O–H groups in total. The van der Waals surface area contributed by atoms with Gasteiger partial charge in [0.15, 0.2) is 0 Å². The number of hydrogen-bond donors (Lipinski definition) is 0. The molecule has 2 heterocycles. The molecule has 1 spiro atoms. The van der Waals surface area contributed by atoms with Gasteiger partial charge in [-0.15, -0.1) is 0 Å². The Bertz CT molecular complexity index is 924. The van der Waals surface area contributed by atoms with Gasteiger partial charge in [-0.1, -0.05) is 18.2 Å². The average molecular weight is 405 g/mol. The molecule has 5 heteroatoms. The quantitative estimate of drug-likeness (QED) is 0.766. The molecule has 0 unspecified atom stereocenters. The van der Waals surface area contributed by atoms with Crippen LogP contribution in [0, 0.1) is 17.2 Å². The van der Waals surface area contributed by atoms with Gasteiger partial charge in [0.2, 0.25) is 0 Å². The van der Waals surface area contributed by atoms with E-state index in [9.17, 15) is 4.79 Å². The fourth-order valence-corrected chi connectivity index (χ4v) is 4.77. The molecule has 0 saturated carbocycles. The third kappa shape index (κ3) is 4.49. The predicted molar refractivity (Wildman–Crippen MR) is 114 cm³/mol. The van der Waals surface area contributed by atoms with E-state index in [2.05, 4.69) is 18.2 Å². The van der Waals surface area contributed by atoms with E-state index in [1.807, 2.05) is 17.0 Å². The minimum absolute atomic E-state index is 0.00698. The monoisotopic (exact) mass is 404 g/mol. The Kier molecular flexibility index (Phi) is 6.06. The van der Waals surface area contributed by atoms with Crippen LogP contribution in [-0.2, 0) is 11.2 Å². The highest BCUT2D eigenvalue weighted by Gasteiger charge is 2.41. The molecule has 0 bridgehead atoms. The average Bonchev–Trinajstić information content (AvgIpc) is 2.80. The highest BCUT2D eigenvalue weighted by atomic mass is 16.5. The van der Waals surface area contributed by atoms with E-state index < -0.39 is 0 Å². The molecule has 2 aromatic rings. The minimum atomic E-state index is -0.110. The topological polar surface area (TPSA) is 62.6 Å². The summed E-state index contributed by atoms with van der Waals surface area (Å²) in [4.78, 5) is 14.8. The summed E-state index contributed by atoms with van der Waals surface area (Å²) >= 11 is 0. The second-order valence-corrected chi connectivity index (χ2v) is 8.43. The van der Waals surface area contributed by atoms with Crippen molar-refractivity contribution in [3.05, 3.63) is 65.2 Å². The van der Waals surface area contributed by atoms with Crippen molar-refractivity contribution >= 4 is 5.91 Å². The lowest BCUT2D eigenvalue weighted by Gasteiger charge is -2.46.